The number of rotatable bonds is 3. The number of fused-ring (bicyclic) bond motifs is 2. The maximum Gasteiger partial charge on any atom is 0.433 e. The number of piperidine rings is 1. The molecule has 9 heteroatoms. The largest absolute Gasteiger partial charge is 0.433 e. The highest BCUT2D eigenvalue weighted by molar-refractivity contribution is 5.42. The molecule has 3 fully saturated rings. The number of nitrogens with zero attached hydrogens (tertiary/aromatic N) is 5. The fourth-order valence-corrected chi connectivity index (χ4v) is 3.52. The molecule has 0 radical (unpaired) electrons. The van der Waals surface area contributed by atoms with E-state index in [1.807, 2.05) is 4.90 Å². The number of alkyl halides is 3. The number of hydrogen-bond acceptors (Lipinski definition) is 5. The van der Waals surface area contributed by atoms with Gasteiger partial charge in [0.1, 0.15) is 23.7 Å². The predicted molar refractivity (Wildman–Crippen MR) is 81.2 cm³/mol. The molecule has 2 bridgehead atoms. The third-order valence-corrected chi connectivity index (χ3v) is 4.78. The molecule has 2 unspecified atom stereocenters. The van der Waals surface area contributed by atoms with Crippen molar-refractivity contribution in [3.8, 4) is 0 Å². The first-order valence-corrected chi connectivity index (χ1v) is 7.91. The maximum absolute atomic E-state index is 13.8. The van der Waals surface area contributed by atoms with Crippen LogP contribution in [0.15, 0.2) is 30.7 Å². The second kappa shape index (κ2) is 5.91. The van der Waals surface area contributed by atoms with Gasteiger partial charge in [-0.2, -0.15) is 13.2 Å². The summed E-state index contributed by atoms with van der Waals surface area (Å²) in [6.45, 7) is 1.52. The number of hydrogen-bond donors (Lipinski definition) is 0. The molecular weight excluding hydrogens is 338 g/mol. The maximum atomic E-state index is 13.8. The summed E-state index contributed by atoms with van der Waals surface area (Å²) in [5.41, 5.74) is -0.545. The second-order valence-electron chi connectivity index (χ2n) is 6.31. The van der Waals surface area contributed by atoms with Crippen LogP contribution in [-0.4, -0.2) is 45.0 Å². The van der Waals surface area contributed by atoms with E-state index in [2.05, 4.69) is 19.9 Å². The molecule has 3 aliphatic rings. The quantitative estimate of drug-likeness (QED) is 0.794. The average Bonchev–Trinajstić information content (AvgIpc) is 2.60. The van der Waals surface area contributed by atoms with Crippen LogP contribution in [0.3, 0.4) is 0 Å². The molecule has 2 atom stereocenters. The van der Waals surface area contributed by atoms with Crippen LogP contribution in [0, 0.1) is 5.82 Å². The van der Waals surface area contributed by atoms with Gasteiger partial charge in [0, 0.05) is 44.0 Å². The van der Waals surface area contributed by atoms with Gasteiger partial charge in [-0.25, -0.2) is 14.4 Å². The topological polar surface area (TPSA) is 45.2 Å². The van der Waals surface area contributed by atoms with Crippen LogP contribution in [0.25, 0.3) is 0 Å². The Bertz CT molecular complexity index is 769. The molecule has 25 heavy (non-hydrogen) atoms. The zero-order valence-electron chi connectivity index (χ0n) is 13.1. The average molecular weight is 353 g/mol. The molecule has 3 aliphatic heterocycles. The standard InChI is InChI=1S/C16H15F4N5/c17-12-2-1-3-21-13(12)8-25-10-4-11(25)7-24(6-10)15-5-14(16(18,19)20)22-9-23-15/h1-3,5,9-11H,4,6-8H2. The molecule has 0 aromatic carbocycles. The summed E-state index contributed by atoms with van der Waals surface area (Å²) < 4.78 is 52.2. The Labute approximate surface area is 141 Å². The molecule has 5 heterocycles. The van der Waals surface area contributed by atoms with E-state index >= 15 is 0 Å². The lowest BCUT2D eigenvalue weighted by Gasteiger charge is -2.56. The molecule has 0 aliphatic carbocycles. The first-order valence-electron chi connectivity index (χ1n) is 7.91. The summed E-state index contributed by atoms with van der Waals surface area (Å²) in [6.07, 6.45) is -1.04. The minimum atomic E-state index is -4.49. The van der Waals surface area contributed by atoms with E-state index in [1.54, 1.807) is 12.3 Å². The van der Waals surface area contributed by atoms with E-state index < -0.39 is 11.9 Å². The van der Waals surface area contributed by atoms with E-state index in [4.69, 9.17) is 0 Å². The Morgan fingerprint density at radius 1 is 1.12 bits per heavy atom. The third kappa shape index (κ3) is 3.04. The molecule has 5 nitrogen and oxygen atoms in total. The second-order valence-corrected chi connectivity index (χ2v) is 6.31. The molecule has 0 amide bonds. The van der Waals surface area contributed by atoms with Gasteiger partial charge in [-0.3, -0.25) is 9.88 Å². The van der Waals surface area contributed by atoms with E-state index in [-0.39, 0.29) is 23.7 Å². The van der Waals surface area contributed by atoms with Crippen molar-refractivity contribution >= 4 is 5.82 Å². The van der Waals surface area contributed by atoms with Crippen LogP contribution in [-0.2, 0) is 12.7 Å². The molecule has 3 saturated heterocycles. The lowest BCUT2D eigenvalue weighted by atomic mass is 9.87. The van der Waals surface area contributed by atoms with Crippen molar-refractivity contribution in [3.63, 3.8) is 0 Å². The summed E-state index contributed by atoms with van der Waals surface area (Å²) in [7, 11) is 0. The fourth-order valence-electron chi connectivity index (χ4n) is 3.52. The Hall–Kier alpha value is -2.29. The SMILES string of the molecule is Fc1cccnc1CN1C2CC1CN(c1cc(C(F)(F)F)ncn1)C2. The van der Waals surface area contributed by atoms with E-state index in [0.717, 1.165) is 18.8 Å². The van der Waals surface area contributed by atoms with Gasteiger partial charge < -0.3 is 4.90 Å². The molecule has 0 N–H and O–H groups in total. The van der Waals surface area contributed by atoms with Crippen molar-refractivity contribution in [2.45, 2.75) is 31.2 Å². The Morgan fingerprint density at radius 3 is 2.56 bits per heavy atom. The van der Waals surface area contributed by atoms with Crippen molar-refractivity contribution in [1.82, 2.24) is 19.9 Å². The highest BCUT2D eigenvalue weighted by atomic mass is 19.4. The van der Waals surface area contributed by atoms with Crippen molar-refractivity contribution in [2.75, 3.05) is 18.0 Å². The van der Waals surface area contributed by atoms with E-state index in [0.29, 0.717) is 25.3 Å². The minimum absolute atomic E-state index is 0.157. The number of pyridine rings is 1. The van der Waals surface area contributed by atoms with Crippen LogP contribution in [0.2, 0.25) is 0 Å². The van der Waals surface area contributed by atoms with Gasteiger partial charge in [0.15, 0.2) is 0 Å². The zero-order chi connectivity index (χ0) is 17.6. The molecule has 132 valence electrons. The summed E-state index contributed by atoms with van der Waals surface area (Å²) in [5, 5.41) is 0. The molecule has 0 saturated carbocycles. The van der Waals surface area contributed by atoms with E-state index in [9.17, 15) is 17.6 Å². The van der Waals surface area contributed by atoms with Crippen LogP contribution >= 0.6 is 0 Å². The molecule has 5 rings (SSSR count). The summed E-state index contributed by atoms with van der Waals surface area (Å²) >= 11 is 0. The third-order valence-electron chi connectivity index (χ3n) is 4.78. The predicted octanol–water partition coefficient (Wildman–Crippen LogP) is 2.49. The first kappa shape index (κ1) is 16.2. The number of anilines is 1. The van der Waals surface area contributed by atoms with Crippen molar-refractivity contribution in [3.05, 3.63) is 47.9 Å². The van der Waals surface area contributed by atoms with Crippen LogP contribution in [0.5, 0.6) is 0 Å². The van der Waals surface area contributed by atoms with Gasteiger partial charge in [0.2, 0.25) is 0 Å². The summed E-state index contributed by atoms with van der Waals surface area (Å²) in [6, 6.07) is 4.22. The van der Waals surface area contributed by atoms with Gasteiger partial charge in [-0.15, -0.1) is 0 Å². The molecular formula is C16H15F4N5. The zero-order valence-corrected chi connectivity index (χ0v) is 13.1. The monoisotopic (exact) mass is 353 g/mol. The van der Waals surface area contributed by atoms with Crippen LogP contribution in [0.4, 0.5) is 23.4 Å². The first-order chi connectivity index (χ1) is 11.9. The van der Waals surface area contributed by atoms with Gasteiger partial charge in [-0.05, 0) is 18.6 Å². The van der Waals surface area contributed by atoms with Gasteiger partial charge in [0.25, 0.3) is 0 Å². The lowest BCUT2D eigenvalue weighted by molar-refractivity contribution is -0.141. The number of piperazine rings is 1. The van der Waals surface area contributed by atoms with Crippen molar-refractivity contribution in [1.29, 1.82) is 0 Å². The normalized spacial score (nSPS) is 23.4. The highest BCUT2D eigenvalue weighted by Crippen LogP contribution is 2.36. The Morgan fingerprint density at radius 2 is 1.88 bits per heavy atom. The number of aromatic nitrogens is 3. The van der Waals surface area contributed by atoms with Crippen LogP contribution < -0.4 is 4.90 Å². The smallest absolute Gasteiger partial charge is 0.353 e. The molecule has 0 spiro atoms. The van der Waals surface area contributed by atoms with Gasteiger partial charge in [0.05, 0.1) is 5.69 Å². The Kier molecular flexibility index (Phi) is 3.82. The minimum Gasteiger partial charge on any atom is -0.353 e. The van der Waals surface area contributed by atoms with Crippen molar-refractivity contribution in [2.24, 2.45) is 0 Å². The molecule has 2 aromatic heterocycles. The Balaban J connectivity index is 1.46. The van der Waals surface area contributed by atoms with E-state index in [1.165, 1.54) is 6.07 Å². The summed E-state index contributed by atoms with van der Waals surface area (Å²) in [4.78, 5) is 15.3. The highest BCUT2D eigenvalue weighted by Gasteiger charge is 2.45. The van der Waals surface area contributed by atoms with Crippen molar-refractivity contribution < 1.29 is 17.6 Å². The number of halogens is 4. The fraction of sp³-hybridized carbons (Fsp3) is 0.438. The van der Waals surface area contributed by atoms with Gasteiger partial charge >= 0.3 is 6.18 Å². The van der Waals surface area contributed by atoms with Crippen LogP contribution in [0.1, 0.15) is 17.8 Å². The lowest BCUT2D eigenvalue weighted by Crippen LogP contribution is -2.68. The molecule has 2 aromatic rings. The summed E-state index contributed by atoms with van der Waals surface area (Å²) in [5.74, 6) is -0.0596. The van der Waals surface area contributed by atoms with Gasteiger partial charge in [-0.1, -0.05) is 0 Å².